The maximum Gasteiger partial charge on any atom is 0.295 e. The van der Waals surface area contributed by atoms with Gasteiger partial charge < -0.3 is 19.5 Å². The van der Waals surface area contributed by atoms with Crippen LogP contribution in [0.25, 0.3) is 5.76 Å². The summed E-state index contributed by atoms with van der Waals surface area (Å²) in [7, 11) is 1.59. The molecule has 0 radical (unpaired) electrons. The van der Waals surface area contributed by atoms with Gasteiger partial charge in [-0.15, -0.1) is 0 Å². The van der Waals surface area contributed by atoms with Gasteiger partial charge in [-0.1, -0.05) is 24.3 Å². The van der Waals surface area contributed by atoms with E-state index in [4.69, 9.17) is 9.47 Å². The highest BCUT2D eigenvalue weighted by atomic mass is 16.5. The van der Waals surface area contributed by atoms with Crippen LogP contribution in [-0.2, 0) is 14.3 Å². The van der Waals surface area contributed by atoms with Gasteiger partial charge in [0.15, 0.2) is 0 Å². The Kier molecular flexibility index (Phi) is 6.07. The quantitative estimate of drug-likeness (QED) is 0.432. The van der Waals surface area contributed by atoms with Gasteiger partial charge >= 0.3 is 0 Å². The van der Waals surface area contributed by atoms with Crippen molar-refractivity contribution < 1.29 is 24.2 Å². The van der Waals surface area contributed by atoms with E-state index in [1.807, 2.05) is 51.1 Å². The van der Waals surface area contributed by atoms with E-state index in [1.165, 1.54) is 0 Å². The fourth-order valence-corrected chi connectivity index (χ4v) is 4.70. The second kappa shape index (κ2) is 8.79. The molecule has 0 aliphatic carbocycles. The van der Waals surface area contributed by atoms with Gasteiger partial charge in [0.05, 0.1) is 24.8 Å². The highest BCUT2D eigenvalue weighted by molar-refractivity contribution is 6.46. The van der Waals surface area contributed by atoms with Crippen molar-refractivity contribution in [2.24, 2.45) is 0 Å². The maximum atomic E-state index is 13.2. The smallest absolute Gasteiger partial charge is 0.295 e. The first kappa shape index (κ1) is 22.1. The van der Waals surface area contributed by atoms with Crippen molar-refractivity contribution in [3.63, 3.8) is 0 Å². The molecule has 2 atom stereocenters. The molecule has 0 saturated carbocycles. The number of hydrogen-bond donors (Lipinski definition) is 1. The molecule has 32 heavy (non-hydrogen) atoms. The van der Waals surface area contributed by atoms with Crippen LogP contribution in [0.15, 0.2) is 42.0 Å². The predicted octanol–water partition coefficient (Wildman–Crippen LogP) is 4.22. The van der Waals surface area contributed by atoms with Gasteiger partial charge in [0.25, 0.3) is 11.7 Å². The lowest BCUT2D eigenvalue weighted by atomic mass is 9.91. The number of likely N-dealkylation sites (tertiary alicyclic amines) is 1. The van der Waals surface area contributed by atoms with Gasteiger partial charge in [-0.25, -0.2) is 0 Å². The van der Waals surface area contributed by atoms with Crippen molar-refractivity contribution in [2.45, 2.75) is 45.8 Å². The number of aryl methyl sites for hydroxylation is 3. The first-order valence-corrected chi connectivity index (χ1v) is 10.9. The zero-order chi connectivity index (χ0) is 23.0. The molecule has 168 valence electrons. The SMILES string of the molecule is COc1cc(C)c(/C(O)=C2\C(=O)C(=O)N(CC3CCCO3)C2c2ccccc2C)cc1C. The minimum Gasteiger partial charge on any atom is -0.507 e. The van der Waals surface area contributed by atoms with Crippen LogP contribution in [0.4, 0.5) is 0 Å². The summed E-state index contributed by atoms with van der Waals surface area (Å²) in [4.78, 5) is 28.0. The minimum atomic E-state index is -0.665. The molecule has 2 aliphatic rings. The third kappa shape index (κ3) is 3.79. The first-order chi connectivity index (χ1) is 15.3. The number of methoxy groups -OCH3 is 1. The van der Waals surface area contributed by atoms with Crippen LogP contribution in [0.3, 0.4) is 0 Å². The molecule has 4 rings (SSSR count). The van der Waals surface area contributed by atoms with Gasteiger partial charge in [-0.05, 0) is 68.0 Å². The maximum absolute atomic E-state index is 13.2. The minimum absolute atomic E-state index is 0.107. The summed E-state index contributed by atoms with van der Waals surface area (Å²) in [6.45, 7) is 6.66. The summed E-state index contributed by atoms with van der Waals surface area (Å²) < 4.78 is 11.1. The van der Waals surface area contributed by atoms with E-state index in [0.29, 0.717) is 24.5 Å². The van der Waals surface area contributed by atoms with Crippen LogP contribution < -0.4 is 4.74 Å². The highest BCUT2D eigenvalue weighted by Gasteiger charge is 2.47. The summed E-state index contributed by atoms with van der Waals surface area (Å²) >= 11 is 0. The second-order valence-electron chi connectivity index (χ2n) is 8.58. The van der Waals surface area contributed by atoms with Crippen molar-refractivity contribution in [1.29, 1.82) is 0 Å². The number of Topliss-reactive ketones (excluding diaryl/α,β-unsaturated/α-hetero) is 1. The number of rotatable bonds is 5. The number of ether oxygens (including phenoxy) is 2. The molecule has 0 bridgehead atoms. The lowest BCUT2D eigenvalue weighted by Gasteiger charge is -2.28. The zero-order valence-corrected chi connectivity index (χ0v) is 19.0. The second-order valence-corrected chi connectivity index (χ2v) is 8.58. The Morgan fingerprint density at radius 3 is 2.53 bits per heavy atom. The van der Waals surface area contributed by atoms with Crippen LogP contribution in [0, 0.1) is 20.8 Å². The molecule has 2 heterocycles. The van der Waals surface area contributed by atoms with Crippen LogP contribution in [0.2, 0.25) is 0 Å². The zero-order valence-electron chi connectivity index (χ0n) is 19.0. The number of carbonyl (C=O) groups excluding carboxylic acids is 2. The number of ketones is 1. The fraction of sp³-hybridized carbons (Fsp3) is 0.385. The van der Waals surface area contributed by atoms with E-state index in [2.05, 4.69) is 0 Å². The molecule has 1 N–H and O–H groups in total. The van der Waals surface area contributed by atoms with Gasteiger partial charge in [0.2, 0.25) is 0 Å². The number of hydrogen-bond acceptors (Lipinski definition) is 5. The van der Waals surface area contributed by atoms with Crippen LogP contribution in [-0.4, -0.2) is 48.1 Å². The van der Waals surface area contributed by atoms with E-state index < -0.39 is 17.7 Å². The van der Waals surface area contributed by atoms with Crippen LogP contribution >= 0.6 is 0 Å². The van der Waals surface area contributed by atoms with Crippen molar-refractivity contribution in [1.82, 2.24) is 4.90 Å². The van der Waals surface area contributed by atoms with Crippen LogP contribution in [0.1, 0.15) is 46.7 Å². The Labute approximate surface area is 188 Å². The van der Waals surface area contributed by atoms with Crippen molar-refractivity contribution in [3.8, 4) is 5.75 Å². The lowest BCUT2D eigenvalue weighted by Crippen LogP contribution is -2.36. The number of carbonyl (C=O) groups is 2. The highest BCUT2D eigenvalue weighted by Crippen LogP contribution is 2.42. The average Bonchev–Trinajstić information content (AvgIpc) is 3.37. The molecular formula is C26H29NO5. The summed E-state index contributed by atoms with van der Waals surface area (Å²) in [6, 6.07) is 10.6. The number of benzene rings is 2. The predicted molar refractivity (Wildman–Crippen MR) is 122 cm³/mol. The summed E-state index contributed by atoms with van der Waals surface area (Å²) in [5.41, 5.74) is 4.02. The van der Waals surface area contributed by atoms with Gasteiger partial charge in [0.1, 0.15) is 11.5 Å². The Morgan fingerprint density at radius 2 is 1.88 bits per heavy atom. The molecule has 2 fully saturated rings. The molecular weight excluding hydrogens is 406 g/mol. The van der Waals surface area contributed by atoms with E-state index in [1.54, 1.807) is 18.1 Å². The molecule has 2 aromatic carbocycles. The van der Waals surface area contributed by atoms with Crippen molar-refractivity contribution in [3.05, 3.63) is 69.8 Å². The van der Waals surface area contributed by atoms with Gasteiger partial charge in [0, 0.05) is 18.7 Å². The fourth-order valence-electron chi connectivity index (χ4n) is 4.70. The van der Waals surface area contributed by atoms with E-state index in [0.717, 1.165) is 35.1 Å². The van der Waals surface area contributed by atoms with E-state index in [9.17, 15) is 14.7 Å². The van der Waals surface area contributed by atoms with E-state index in [-0.39, 0.29) is 17.4 Å². The Morgan fingerprint density at radius 1 is 1.12 bits per heavy atom. The molecule has 2 saturated heterocycles. The molecule has 6 nitrogen and oxygen atoms in total. The van der Waals surface area contributed by atoms with Gasteiger partial charge in [-0.3, -0.25) is 9.59 Å². The molecule has 2 aliphatic heterocycles. The standard InChI is InChI=1S/C26H29NO5/c1-15-8-5-6-10-19(15)23-22(24(28)20-12-17(3)21(31-4)13-16(20)2)25(29)26(30)27(23)14-18-9-7-11-32-18/h5-6,8,10,12-13,18,23,28H,7,9,11,14H2,1-4H3/b24-22+. The molecule has 0 aromatic heterocycles. The number of amides is 1. The van der Waals surface area contributed by atoms with E-state index >= 15 is 0 Å². The summed E-state index contributed by atoms with van der Waals surface area (Å²) in [5.74, 6) is -0.720. The Balaban J connectivity index is 1.88. The summed E-state index contributed by atoms with van der Waals surface area (Å²) in [6.07, 6.45) is 1.68. The van der Waals surface area contributed by atoms with Gasteiger partial charge in [-0.2, -0.15) is 0 Å². The first-order valence-electron chi connectivity index (χ1n) is 10.9. The molecule has 6 heteroatoms. The Hall–Kier alpha value is -3.12. The molecule has 1 amide bonds. The normalized spacial score (nSPS) is 22.6. The lowest BCUT2D eigenvalue weighted by molar-refractivity contribution is -0.140. The third-order valence-corrected chi connectivity index (χ3v) is 6.44. The van der Waals surface area contributed by atoms with Crippen LogP contribution in [0.5, 0.6) is 5.75 Å². The number of nitrogens with zero attached hydrogens (tertiary/aromatic N) is 1. The largest absolute Gasteiger partial charge is 0.507 e. The average molecular weight is 436 g/mol. The number of aliphatic hydroxyl groups is 1. The molecule has 0 spiro atoms. The monoisotopic (exact) mass is 435 g/mol. The molecule has 2 unspecified atom stereocenters. The van der Waals surface area contributed by atoms with Crippen molar-refractivity contribution >= 4 is 17.4 Å². The topological polar surface area (TPSA) is 76.1 Å². The third-order valence-electron chi connectivity index (χ3n) is 6.44. The van der Waals surface area contributed by atoms with Crippen molar-refractivity contribution in [2.75, 3.05) is 20.3 Å². The number of aliphatic hydroxyl groups excluding tert-OH is 1. The molecule has 2 aromatic rings. The Bertz CT molecular complexity index is 1100. The summed E-state index contributed by atoms with van der Waals surface area (Å²) in [5, 5.41) is 11.4.